The first-order chi connectivity index (χ1) is 21.7. The number of rotatable bonds is 12. The van der Waals surface area contributed by atoms with Crippen molar-refractivity contribution in [3.63, 3.8) is 0 Å². The molecule has 0 spiro atoms. The van der Waals surface area contributed by atoms with Crippen LogP contribution in [-0.4, -0.2) is 89.1 Å². The minimum atomic E-state index is -0.747. The fraction of sp³-hybridized carbons (Fsp3) is 0.455. The van der Waals surface area contributed by atoms with Crippen molar-refractivity contribution < 1.29 is 19.4 Å². The normalized spacial score (nSPS) is 16.5. The second-order valence-corrected chi connectivity index (χ2v) is 12.7. The van der Waals surface area contributed by atoms with Crippen LogP contribution in [0.15, 0.2) is 48.7 Å². The second kappa shape index (κ2) is 15.7. The van der Waals surface area contributed by atoms with Gasteiger partial charge in [0, 0.05) is 74.3 Å². The highest BCUT2D eigenvalue weighted by Crippen LogP contribution is 2.31. The van der Waals surface area contributed by atoms with Gasteiger partial charge in [0.15, 0.2) is 0 Å². The Bertz CT molecular complexity index is 1440. The van der Waals surface area contributed by atoms with Crippen LogP contribution in [0.3, 0.4) is 0 Å². The molecule has 3 aromatic rings. The Kier molecular flexibility index (Phi) is 11.5. The third-order valence-corrected chi connectivity index (χ3v) is 8.71. The molecule has 5 rings (SSSR count). The van der Waals surface area contributed by atoms with Crippen LogP contribution >= 0.6 is 23.2 Å². The van der Waals surface area contributed by atoms with Gasteiger partial charge in [0.2, 0.25) is 11.8 Å². The van der Waals surface area contributed by atoms with Crippen molar-refractivity contribution in [3.05, 3.63) is 64.3 Å². The van der Waals surface area contributed by atoms with Crippen molar-refractivity contribution >= 4 is 40.9 Å². The van der Waals surface area contributed by atoms with Crippen molar-refractivity contribution in [2.45, 2.75) is 39.2 Å². The zero-order valence-corrected chi connectivity index (χ0v) is 27.1. The number of hydrogen-bond donors (Lipinski definition) is 2. The highest BCUT2D eigenvalue weighted by Gasteiger charge is 2.21. The summed E-state index contributed by atoms with van der Waals surface area (Å²) in [6, 6.07) is 13.3. The van der Waals surface area contributed by atoms with Crippen LogP contribution in [0.5, 0.6) is 11.6 Å². The maximum atomic E-state index is 11.3. The number of nitrogens with zero attached hydrogens (tertiary/aromatic N) is 5. The van der Waals surface area contributed by atoms with Gasteiger partial charge in [0.1, 0.15) is 11.6 Å². The number of hydrogen-bond acceptors (Lipinski definition) is 8. The molecule has 1 aromatic carbocycles. The molecule has 2 saturated heterocycles. The Labute approximate surface area is 274 Å². The summed E-state index contributed by atoms with van der Waals surface area (Å²) in [6.45, 7) is 9.14. The van der Waals surface area contributed by atoms with E-state index in [2.05, 4.69) is 31.1 Å². The van der Waals surface area contributed by atoms with Gasteiger partial charge in [0.05, 0.1) is 11.9 Å². The van der Waals surface area contributed by atoms with E-state index in [-0.39, 0.29) is 12.3 Å². The molecule has 2 fully saturated rings. The van der Waals surface area contributed by atoms with Gasteiger partial charge in [-0.25, -0.2) is 9.97 Å². The first kappa shape index (κ1) is 32.9. The van der Waals surface area contributed by atoms with E-state index in [1.54, 1.807) is 19.2 Å². The number of carbonyl (C=O) groups is 2. The van der Waals surface area contributed by atoms with Crippen molar-refractivity contribution in [1.82, 2.24) is 25.1 Å². The topological polar surface area (TPSA) is 111 Å². The maximum Gasteiger partial charge on any atom is 0.303 e. The molecule has 0 atom stereocenters. The van der Waals surface area contributed by atoms with Crippen LogP contribution in [0.2, 0.25) is 10.0 Å². The zero-order valence-electron chi connectivity index (χ0n) is 25.6. The SMILES string of the molecule is CC(=O)NCC1CCN(Cc2cc(Oc3ccc(N4CCN(CCCC(=O)O)CC4)nc3)nc(-c3cc(Cl)cc(Cl)c3)c2)CC1. The molecule has 4 heterocycles. The first-order valence-corrected chi connectivity index (χ1v) is 16.2. The molecule has 240 valence electrons. The lowest BCUT2D eigenvalue weighted by Crippen LogP contribution is -2.46. The molecule has 0 bridgehead atoms. The average Bonchev–Trinajstić information content (AvgIpc) is 3.01. The highest BCUT2D eigenvalue weighted by atomic mass is 35.5. The average molecular weight is 656 g/mol. The summed E-state index contributed by atoms with van der Waals surface area (Å²) in [5.41, 5.74) is 2.60. The standard InChI is InChI=1S/C33H40Cl2N6O4/c1-23(42)36-20-24-6-9-40(10-7-24)22-25-15-30(26-17-27(34)19-28(35)18-26)38-32(16-25)45-29-4-5-31(37-21-29)41-13-11-39(12-14-41)8-2-3-33(43)44/h4-5,15-19,21,24H,2-3,6-14,20,22H2,1H3,(H,36,42)(H,43,44). The van der Waals surface area contributed by atoms with Crippen LogP contribution in [-0.2, 0) is 16.1 Å². The number of aromatic nitrogens is 2. The van der Waals surface area contributed by atoms with E-state index >= 15 is 0 Å². The molecule has 45 heavy (non-hydrogen) atoms. The summed E-state index contributed by atoms with van der Waals surface area (Å²) >= 11 is 12.7. The number of aliphatic carboxylic acids is 1. The maximum absolute atomic E-state index is 11.3. The van der Waals surface area contributed by atoms with Crippen LogP contribution in [0.25, 0.3) is 11.3 Å². The molecule has 0 aliphatic carbocycles. The number of piperazine rings is 1. The molecular formula is C33H40Cl2N6O4. The number of carbonyl (C=O) groups excluding carboxylic acids is 1. The summed E-state index contributed by atoms with van der Waals surface area (Å²) < 4.78 is 6.25. The number of amides is 1. The molecule has 12 heteroatoms. The lowest BCUT2D eigenvalue weighted by atomic mass is 9.96. The van der Waals surface area contributed by atoms with E-state index in [9.17, 15) is 9.59 Å². The predicted octanol–water partition coefficient (Wildman–Crippen LogP) is 5.58. The fourth-order valence-electron chi connectivity index (χ4n) is 5.84. The molecule has 2 N–H and O–H groups in total. The lowest BCUT2D eigenvalue weighted by molar-refractivity contribution is -0.137. The number of anilines is 1. The predicted molar refractivity (Wildman–Crippen MR) is 176 cm³/mol. The van der Waals surface area contributed by atoms with E-state index in [1.165, 1.54) is 0 Å². The van der Waals surface area contributed by atoms with Gasteiger partial charge >= 0.3 is 5.97 Å². The number of halogens is 2. The molecular weight excluding hydrogens is 615 g/mol. The number of ether oxygens (including phenoxy) is 1. The number of pyridine rings is 2. The number of piperidine rings is 1. The van der Waals surface area contributed by atoms with E-state index in [1.807, 2.05) is 30.3 Å². The minimum absolute atomic E-state index is 0.0183. The minimum Gasteiger partial charge on any atom is -0.481 e. The van der Waals surface area contributed by atoms with E-state index in [4.69, 9.17) is 38.0 Å². The van der Waals surface area contributed by atoms with E-state index < -0.39 is 5.97 Å². The largest absolute Gasteiger partial charge is 0.481 e. The third-order valence-electron chi connectivity index (χ3n) is 8.28. The monoisotopic (exact) mass is 654 g/mol. The summed E-state index contributed by atoms with van der Waals surface area (Å²) in [5, 5.41) is 12.9. The Balaban J connectivity index is 1.25. The zero-order chi connectivity index (χ0) is 31.8. The Hall–Kier alpha value is -3.44. The summed E-state index contributed by atoms with van der Waals surface area (Å²) in [6.07, 6.45) is 4.65. The van der Waals surface area contributed by atoms with Gasteiger partial charge in [-0.2, -0.15) is 0 Å². The van der Waals surface area contributed by atoms with Gasteiger partial charge < -0.3 is 20.1 Å². The van der Waals surface area contributed by atoms with Crippen molar-refractivity contribution in [3.8, 4) is 22.9 Å². The Morgan fingerprint density at radius 3 is 2.36 bits per heavy atom. The fourth-order valence-corrected chi connectivity index (χ4v) is 6.37. The molecule has 0 radical (unpaired) electrons. The van der Waals surface area contributed by atoms with Gasteiger partial charge in [-0.3, -0.25) is 19.4 Å². The highest BCUT2D eigenvalue weighted by molar-refractivity contribution is 6.35. The number of nitrogens with one attached hydrogen (secondary N) is 1. The van der Waals surface area contributed by atoms with Crippen LogP contribution in [0.1, 0.15) is 38.2 Å². The molecule has 2 aliphatic rings. The first-order valence-electron chi connectivity index (χ1n) is 15.5. The van der Waals surface area contributed by atoms with Gasteiger partial charge in [-0.15, -0.1) is 0 Å². The molecule has 2 aliphatic heterocycles. The van der Waals surface area contributed by atoms with Crippen LogP contribution in [0.4, 0.5) is 5.82 Å². The third kappa shape index (κ3) is 10.0. The van der Waals surface area contributed by atoms with Gasteiger partial charge in [-0.05, 0) is 86.8 Å². The number of carboxylic acids is 1. The van der Waals surface area contributed by atoms with Gasteiger partial charge in [0.25, 0.3) is 0 Å². The second-order valence-electron chi connectivity index (χ2n) is 11.8. The molecule has 0 unspecified atom stereocenters. The number of likely N-dealkylation sites (tertiary alicyclic amines) is 1. The summed E-state index contributed by atoms with van der Waals surface area (Å²) in [4.78, 5) is 38.5. The number of carboxylic acid groups (broad SMARTS) is 1. The summed E-state index contributed by atoms with van der Waals surface area (Å²) in [5.74, 6) is 1.70. The van der Waals surface area contributed by atoms with Gasteiger partial charge in [-0.1, -0.05) is 23.2 Å². The molecule has 10 nitrogen and oxygen atoms in total. The Morgan fingerprint density at radius 1 is 0.978 bits per heavy atom. The van der Waals surface area contributed by atoms with E-state index in [0.717, 1.165) is 94.4 Å². The molecule has 0 saturated carbocycles. The van der Waals surface area contributed by atoms with Crippen molar-refractivity contribution in [1.29, 1.82) is 0 Å². The van der Waals surface area contributed by atoms with Crippen LogP contribution in [0, 0.1) is 5.92 Å². The molecule has 1 amide bonds. The molecule has 2 aromatic heterocycles. The van der Waals surface area contributed by atoms with Crippen molar-refractivity contribution in [2.75, 3.05) is 57.3 Å². The van der Waals surface area contributed by atoms with Crippen LogP contribution < -0.4 is 15.0 Å². The van der Waals surface area contributed by atoms with E-state index in [0.29, 0.717) is 34.0 Å². The Morgan fingerprint density at radius 2 is 1.71 bits per heavy atom. The lowest BCUT2D eigenvalue weighted by Gasteiger charge is -2.35. The van der Waals surface area contributed by atoms with Crippen molar-refractivity contribution in [2.24, 2.45) is 5.92 Å². The smallest absolute Gasteiger partial charge is 0.303 e. The summed E-state index contributed by atoms with van der Waals surface area (Å²) in [7, 11) is 0. The quantitative estimate of drug-likeness (QED) is 0.259. The number of benzene rings is 1.